The van der Waals surface area contributed by atoms with Gasteiger partial charge in [-0.05, 0) is 30.3 Å². The van der Waals surface area contributed by atoms with Crippen LogP contribution < -0.4 is 9.47 Å². The van der Waals surface area contributed by atoms with Crippen molar-refractivity contribution in [3.63, 3.8) is 0 Å². The number of ketones is 1. The van der Waals surface area contributed by atoms with Crippen molar-refractivity contribution in [3.05, 3.63) is 59.4 Å². The SMILES string of the molecule is COc1ccc(CN(CC(=O)c2ccc(F)cc2)CC(F)(F)F)c(OC)c1. The third kappa shape index (κ3) is 6.25. The Morgan fingerprint density at radius 3 is 2.26 bits per heavy atom. The van der Waals surface area contributed by atoms with Crippen molar-refractivity contribution in [2.45, 2.75) is 12.7 Å². The lowest BCUT2D eigenvalue weighted by atomic mass is 10.1. The van der Waals surface area contributed by atoms with Crippen LogP contribution in [0.2, 0.25) is 0 Å². The van der Waals surface area contributed by atoms with Gasteiger partial charge in [-0.25, -0.2) is 4.39 Å². The number of halogens is 4. The van der Waals surface area contributed by atoms with Gasteiger partial charge in [0.1, 0.15) is 17.3 Å². The second kappa shape index (κ2) is 8.85. The molecule has 0 aliphatic heterocycles. The summed E-state index contributed by atoms with van der Waals surface area (Å²) in [5.41, 5.74) is 0.625. The second-order valence-electron chi connectivity index (χ2n) is 5.87. The molecule has 8 heteroatoms. The Hall–Kier alpha value is -2.61. The number of carbonyl (C=O) groups excluding carboxylic acids is 1. The molecule has 0 bridgehead atoms. The standard InChI is InChI=1S/C19H19F4NO3/c1-26-16-8-5-14(18(9-16)27-2)10-24(12-19(21,22)23)11-17(25)13-3-6-15(20)7-4-13/h3-9H,10-12H2,1-2H3. The predicted molar refractivity (Wildman–Crippen MR) is 91.6 cm³/mol. The highest BCUT2D eigenvalue weighted by molar-refractivity contribution is 5.97. The molecule has 0 aromatic heterocycles. The van der Waals surface area contributed by atoms with Crippen molar-refractivity contribution >= 4 is 5.78 Å². The van der Waals surface area contributed by atoms with Crippen LogP contribution in [0.25, 0.3) is 0 Å². The van der Waals surface area contributed by atoms with Gasteiger partial charge in [-0.3, -0.25) is 9.69 Å². The van der Waals surface area contributed by atoms with Crippen molar-refractivity contribution in [2.24, 2.45) is 0 Å². The lowest BCUT2D eigenvalue weighted by Gasteiger charge is -2.24. The highest BCUT2D eigenvalue weighted by atomic mass is 19.4. The minimum absolute atomic E-state index is 0.144. The quantitative estimate of drug-likeness (QED) is 0.507. The molecule has 0 spiro atoms. The Morgan fingerprint density at radius 1 is 1.04 bits per heavy atom. The van der Waals surface area contributed by atoms with Gasteiger partial charge in [-0.15, -0.1) is 0 Å². The first-order chi connectivity index (χ1) is 12.7. The number of nitrogens with zero attached hydrogens (tertiary/aromatic N) is 1. The number of rotatable bonds is 8. The summed E-state index contributed by atoms with van der Waals surface area (Å²) >= 11 is 0. The van der Waals surface area contributed by atoms with Crippen LogP contribution in [0.4, 0.5) is 17.6 Å². The fourth-order valence-electron chi connectivity index (χ4n) is 2.57. The van der Waals surface area contributed by atoms with E-state index in [2.05, 4.69) is 0 Å². The summed E-state index contributed by atoms with van der Waals surface area (Å²) in [6.45, 7) is -1.89. The van der Waals surface area contributed by atoms with Gasteiger partial charge in [0.2, 0.25) is 0 Å². The zero-order valence-electron chi connectivity index (χ0n) is 14.8. The zero-order valence-corrected chi connectivity index (χ0v) is 14.8. The largest absolute Gasteiger partial charge is 0.497 e. The van der Waals surface area contributed by atoms with Gasteiger partial charge in [0.25, 0.3) is 0 Å². The molecule has 0 amide bonds. The number of alkyl halides is 3. The maximum absolute atomic E-state index is 13.0. The lowest BCUT2D eigenvalue weighted by Crippen LogP contribution is -2.37. The van der Waals surface area contributed by atoms with Crippen molar-refractivity contribution < 1.29 is 31.8 Å². The van der Waals surface area contributed by atoms with Crippen LogP contribution in [0, 0.1) is 5.82 Å². The Labute approximate surface area is 154 Å². The molecule has 146 valence electrons. The minimum Gasteiger partial charge on any atom is -0.497 e. The van der Waals surface area contributed by atoms with E-state index in [0.29, 0.717) is 17.1 Å². The summed E-state index contributed by atoms with van der Waals surface area (Å²) in [4.78, 5) is 13.3. The third-order valence-electron chi connectivity index (χ3n) is 3.82. The number of carbonyl (C=O) groups is 1. The van der Waals surface area contributed by atoms with Crippen molar-refractivity contribution in [2.75, 3.05) is 27.3 Å². The normalized spacial score (nSPS) is 11.5. The first-order valence-corrected chi connectivity index (χ1v) is 8.00. The van der Waals surface area contributed by atoms with Crippen LogP contribution in [0.3, 0.4) is 0 Å². The number of hydrogen-bond acceptors (Lipinski definition) is 4. The molecule has 0 atom stereocenters. The smallest absolute Gasteiger partial charge is 0.401 e. The van der Waals surface area contributed by atoms with E-state index in [0.717, 1.165) is 17.0 Å². The van der Waals surface area contributed by atoms with E-state index in [4.69, 9.17) is 9.47 Å². The maximum atomic E-state index is 13.0. The van der Waals surface area contributed by atoms with Gasteiger partial charge in [0.15, 0.2) is 5.78 Å². The van der Waals surface area contributed by atoms with Crippen LogP contribution in [0.1, 0.15) is 15.9 Å². The van der Waals surface area contributed by atoms with Gasteiger partial charge in [0, 0.05) is 23.7 Å². The predicted octanol–water partition coefficient (Wildman–Crippen LogP) is 4.09. The van der Waals surface area contributed by atoms with Crippen LogP contribution in [0.5, 0.6) is 11.5 Å². The van der Waals surface area contributed by atoms with Gasteiger partial charge in [-0.2, -0.15) is 13.2 Å². The van der Waals surface area contributed by atoms with Gasteiger partial charge < -0.3 is 9.47 Å². The molecule has 2 rings (SSSR count). The highest BCUT2D eigenvalue weighted by Gasteiger charge is 2.32. The molecule has 0 aliphatic carbocycles. The third-order valence-corrected chi connectivity index (χ3v) is 3.82. The van der Waals surface area contributed by atoms with Gasteiger partial charge >= 0.3 is 6.18 Å². The van der Waals surface area contributed by atoms with Crippen LogP contribution in [0.15, 0.2) is 42.5 Å². The van der Waals surface area contributed by atoms with Crippen LogP contribution in [-0.4, -0.2) is 44.2 Å². The van der Waals surface area contributed by atoms with Gasteiger partial charge in [0.05, 0.1) is 27.3 Å². The molecule has 2 aromatic carbocycles. The Bertz CT molecular complexity index is 776. The van der Waals surface area contributed by atoms with E-state index < -0.39 is 30.9 Å². The highest BCUT2D eigenvalue weighted by Crippen LogP contribution is 2.27. The number of benzene rings is 2. The molecule has 0 heterocycles. The van der Waals surface area contributed by atoms with Crippen molar-refractivity contribution in [1.82, 2.24) is 4.90 Å². The van der Waals surface area contributed by atoms with Crippen molar-refractivity contribution in [3.8, 4) is 11.5 Å². The Balaban J connectivity index is 2.21. The fourth-order valence-corrected chi connectivity index (χ4v) is 2.57. The molecule has 4 nitrogen and oxygen atoms in total. The molecule has 2 aromatic rings. The van der Waals surface area contributed by atoms with Gasteiger partial charge in [-0.1, -0.05) is 6.07 Å². The number of hydrogen-bond donors (Lipinski definition) is 0. The zero-order chi connectivity index (χ0) is 20.0. The average molecular weight is 385 g/mol. The number of Topliss-reactive ketones (excluding diaryl/α,β-unsaturated/α-hetero) is 1. The van der Waals surface area contributed by atoms with E-state index >= 15 is 0 Å². The van der Waals surface area contributed by atoms with Crippen LogP contribution >= 0.6 is 0 Å². The molecular formula is C19H19F4NO3. The molecule has 0 saturated carbocycles. The topological polar surface area (TPSA) is 38.8 Å². The monoisotopic (exact) mass is 385 g/mol. The second-order valence-corrected chi connectivity index (χ2v) is 5.87. The molecule has 0 radical (unpaired) electrons. The minimum atomic E-state index is -4.48. The molecule has 0 N–H and O–H groups in total. The summed E-state index contributed by atoms with van der Waals surface area (Å²) in [5.74, 6) is -0.204. The molecule has 0 unspecified atom stereocenters. The molecule has 0 fully saturated rings. The molecule has 0 aliphatic rings. The van der Waals surface area contributed by atoms with E-state index in [-0.39, 0.29) is 12.1 Å². The first-order valence-electron chi connectivity index (χ1n) is 8.00. The Kier molecular flexibility index (Phi) is 6.79. The summed E-state index contributed by atoms with van der Waals surface area (Å²) < 4.78 is 62.1. The summed E-state index contributed by atoms with van der Waals surface area (Å²) in [6.07, 6.45) is -4.48. The molecular weight excluding hydrogens is 366 g/mol. The summed E-state index contributed by atoms with van der Waals surface area (Å²) in [7, 11) is 2.86. The Morgan fingerprint density at radius 2 is 1.70 bits per heavy atom. The number of ether oxygens (including phenoxy) is 2. The van der Waals surface area contributed by atoms with E-state index in [1.807, 2.05) is 0 Å². The molecule has 27 heavy (non-hydrogen) atoms. The summed E-state index contributed by atoms with van der Waals surface area (Å²) in [5, 5.41) is 0. The summed E-state index contributed by atoms with van der Waals surface area (Å²) in [6, 6.07) is 9.42. The van der Waals surface area contributed by atoms with E-state index in [1.54, 1.807) is 18.2 Å². The fraction of sp³-hybridized carbons (Fsp3) is 0.316. The van der Waals surface area contributed by atoms with E-state index in [1.165, 1.54) is 26.4 Å². The van der Waals surface area contributed by atoms with E-state index in [9.17, 15) is 22.4 Å². The van der Waals surface area contributed by atoms with Crippen LogP contribution in [-0.2, 0) is 6.54 Å². The molecule has 0 saturated heterocycles. The first kappa shape index (κ1) is 20.7. The van der Waals surface area contributed by atoms with Crippen molar-refractivity contribution in [1.29, 1.82) is 0 Å². The average Bonchev–Trinajstić information content (AvgIpc) is 2.61. The lowest BCUT2D eigenvalue weighted by molar-refractivity contribution is -0.145. The maximum Gasteiger partial charge on any atom is 0.401 e. The number of methoxy groups -OCH3 is 2.